The topological polar surface area (TPSA) is 29.1 Å². The summed E-state index contributed by atoms with van der Waals surface area (Å²) in [4.78, 5) is 11.4. The maximum atomic E-state index is 11.4. The first-order valence-corrected chi connectivity index (χ1v) is 5.87. The highest BCUT2D eigenvalue weighted by Gasteiger charge is 2.32. The van der Waals surface area contributed by atoms with Gasteiger partial charge >= 0.3 is 0 Å². The highest BCUT2D eigenvalue weighted by molar-refractivity contribution is 5.77. The Hall–Kier alpha value is -0.530. The molecule has 0 radical (unpaired) electrons. The van der Waals surface area contributed by atoms with Gasteiger partial charge in [-0.05, 0) is 24.7 Å². The maximum Gasteiger partial charge on any atom is 0.222 e. The summed E-state index contributed by atoms with van der Waals surface area (Å²) in [5.74, 6) is 0.315. The highest BCUT2D eigenvalue weighted by Crippen LogP contribution is 2.40. The minimum absolute atomic E-state index is 0.116. The van der Waals surface area contributed by atoms with Gasteiger partial charge in [-0.1, -0.05) is 33.6 Å². The predicted octanol–water partition coefficient (Wildman–Crippen LogP) is 2.73. The average Bonchev–Trinajstić information content (AvgIpc) is 2.63. The van der Waals surface area contributed by atoms with E-state index in [1.54, 1.807) is 0 Å². The van der Waals surface area contributed by atoms with E-state index >= 15 is 0 Å². The molecular formula is C12H23NO. The molecule has 0 heterocycles. The van der Waals surface area contributed by atoms with Crippen LogP contribution in [0.2, 0.25) is 0 Å². The Balaban J connectivity index is 2.38. The lowest BCUT2D eigenvalue weighted by molar-refractivity contribution is -0.124. The molecule has 1 aliphatic carbocycles. The van der Waals surface area contributed by atoms with Crippen molar-refractivity contribution in [2.24, 2.45) is 11.3 Å². The number of rotatable bonds is 4. The number of carbonyl (C=O) groups excluding carboxylic acids is 1. The molecule has 0 aromatic rings. The summed E-state index contributed by atoms with van der Waals surface area (Å²) in [5.41, 5.74) is 0.421. The zero-order valence-corrected chi connectivity index (χ0v) is 9.73. The molecule has 2 nitrogen and oxygen atoms in total. The van der Waals surface area contributed by atoms with Crippen LogP contribution < -0.4 is 5.32 Å². The second kappa shape index (κ2) is 4.81. The standard InChI is InChI=1S/C12H23NO/c1-4-12(7-5-6-8-12)9-13-11(14)10(2)3/h10H,4-9H2,1-3H3,(H,13,14). The van der Waals surface area contributed by atoms with Gasteiger partial charge in [0.25, 0.3) is 0 Å². The van der Waals surface area contributed by atoms with Crippen LogP contribution in [0.3, 0.4) is 0 Å². The van der Waals surface area contributed by atoms with Gasteiger partial charge in [-0.15, -0.1) is 0 Å². The minimum Gasteiger partial charge on any atom is -0.355 e. The summed E-state index contributed by atoms with van der Waals surface area (Å²) in [5, 5.41) is 3.08. The first-order valence-electron chi connectivity index (χ1n) is 5.87. The molecule has 1 fully saturated rings. The Kier molecular flexibility index (Phi) is 3.97. The van der Waals surface area contributed by atoms with Crippen molar-refractivity contribution in [1.29, 1.82) is 0 Å². The molecule has 82 valence electrons. The van der Waals surface area contributed by atoms with Crippen LogP contribution in [0.15, 0.2) is 0 Å². The molecule has 0 aliphatic heterocycles. The number of amides is 1. The van der Waals surface area contributed by atoms with Gasteiger partial charge in [0.1, 0.15) is 0 Å². The fourth-order valence-electron chi connectivity index (χ4n) is 2.26. The van der Waals surface area contributed by atoms with Gasteiger partial charge in [0, 0.05) is 12.5 Å². The monoisotopic (exact) mass is 197 g/mol. The van der Waals surface area contributed by atoms with Crippen molar-refractivity contribution in [3.63, 3.8) is 0 Å². The van der Waals surface area contributed by atoms with Crippen LogP contribution in [0.5, 0.6) is 0 Å². The van der Waals surface area contributed by atoms with E-state index in [1.807, 2.05) is 13.8 Å². The lowest BCUT2D eigenvalue weighted by Gasteiger charge is -2.28. The Morgan fingerprint density at radius 3 is 2.36 bits per heavy atom. The number of hydrogen-bond acceptors (Lipinski definition) is 1. The molecule has 1 N–H and O–H groups in total. The molecule has 0 aromatic heterocycles. The van der Waals surface area contributed by atoms with Crippen LogP contribution in [0.4, 0.5) is 0 Å². The zero-order valence-electron chi connectivity index (χ0n) is 9.73. The number of hydrogen-bond donors (Lipinski definition) is 1. The Bertz CT molecular complexity index is 192. The van der Waals surface area contributed by atoms with Crippen molar-refractivity contribution < 1.29 is 4.79 Å². The Labute approximate surface area is 87.5 Å². The smallest absolute Gasteiger partial charge is 0.222 e. The normalized spacial score (nSPS) is 20.0. The van der Waals surface area contributed by atoms with Crippen molar-refractivity contribution in [3.8, 4) is 0 Å². The van der Waals surface area contributed by atoms with E-state index in [9.17, 15) is 4.79 Å². The van der Waals surface area contributed by atoms with Gasteiger partial charge in [-0.3, -0.25) is 4.79 Å². The minimum atomic E-state index is 0.116. The van der Waals surface area contributed by atoms with Crippen LogP contribution in [0, 0.1) is 11.3 Å². The lowest BCUT2D eigenvalue weighted by Crippen LogP contribution is -2.37. The molecule has 1 rings (SSSR count). The summed E-state index contributed by atoms with van der Waals surface area (Å²) in [7, 11) is 0. The summed E-state index contributed by atoms with van der Waals surface area (Å²) >= 11 is 0. The van der Waals surface area contributed by atoms with Gasteiger partial charge in [0.2, 0.25) is 5.91 Å². The largest absolute Gasteiger partial charge is 0.355 e. The molecule has 2 heteroatoms. The second-order valence-electron chi connectivity index (χ2n) is 4.93. The third kappa shape index (κ3) is 2.73. The average molecular weight is 197 g/mol. The van der Waals surface area contributed by atoms with Crippen LogP contribution in [-0.4, -0.2) is 12.5 Å². The molecule has 1 amide bonds. The van der Waals surface area contributed by atoms with Crippen molar-refractivity contribution in [1.82, 2.24) is 5.32 Å². The number of carbonyl (C=O) groups is 1. The molecule has 0 atom stereocenters. The van der Waals surface area contributed by atoms with Gasteiger partial charge in [0.05, 0.1) is 0 Å². The maximum absolute atomic E-state index is 11.4. The third-order valence-corrected chi connectivity index (χ3v) is 3.58. The van der Waals surface area contributed by atoms with Crippen molar-refractivity contribution in [2.45, 2.75) is 52.9 Å². The van der Waals surface area contributed by atoms with Crippen molar-refractivity contribution in [3.05, 3.63) is 0 Å². The molecule has 0 spiro atoms. The molecule has 1 saturated carbocycles. The van der Waals surface area contributed by atoms with Crippen LogP contribution >= 0.6 is 0 Å². The molecular weight excluding hydrogens is 174 g/mol. The van der Waals surface area contributed by atoms with E-state index in [4.69, 9.17) is 0 Å². The fraction of sp³-hybridized carbons (Fsp3) is 0.917. The second-order valence-corrected chi connectivity index (χ2v) is 4.93. The number of nitrogens with one attached hydrogen (secondary N) is 1. The van der Waals surface area contributed by atoms with Crippen LogP contribution in [0.1, 0.15) is 52.9 Å². The van der Waals surface area contributed by atoms with Gasteiger partial charge in [-0.25, -0.2) is 0 Å². The molecule has 1 aliphatic rings. The van der Waals surface area contributed by atoms with E-state index in [1.165, 1.54) is 32.1 Å². The summed E-state index contributed by atoms with van der Waals surface area (Å²) < 4.78 is 0. The summed E-state index contributed by atoms with van der Waals surface area (Å²) in [6.07, 6.45) is 6.46. The van der Waals surface area contributed by atoms with Crippen molar-refractivity contribution >= 4 is 5.91 Å². The first-order chi connectivity index (χ1) is 6.59. The highest BCUT2D eigenvalue weighted by atomic mass is 16.1. The van der Waals surface area contributed by atoms with E-state index in [2.05, 4.69) is 12.2 Å². The Morgan fingerprint density at radius 1 is 1.36 bits per heavy atom. The van der Waals surface area contributed by atoms with E-state index in [0.717, 1.165) is 6.54 Å². The van der Waals surface area contributed by atoms with Crippen molar-refractivity contribution in [2.75, 3.05) is 6.54 Å². The lowest BCUT2D eigenvalue weighted by atomic mass is 9.83. The molecule has 0 bridgehead atoms. The zero-order chi connectivity index (χ0) is 10.6. The van der Waals surface area contributed by atoms with Gasteiger partial charge in [0.15, 0.2) is 0 Å². The molecule has 0 aromatic carbocycles. The SMILES string of the molecule is CCC1(CNC(=O)C(C)C)CCCC1. The fourth-order valence-corrected chi connectivity index (χ4v) is 2.26. The van der Waals surface area contributed by atoms with Gasteiger partial charge < -0.3 is 5.32 Å². The van der Waals surface area contributed by atoms with E-state index in [-0.39, 0.29) is 11.8 Å². The summed E-state index contributed by atoms with van der Waals surface area (Å²) in [6, 6.07) is 0. The quantitative estimate of drug-likeness (QED) is 0.737. The van der Waals surface area contributed by atoms with E-state index < -0.39 is 0 Å². The first kappa shape index (κ1) is 11.5. The predicted molar refractivity (Wildman–Crippen MR) is 59.0 cm³/mol. The molecule has 0 unspecified atom stereocenters. The van der Waals surface area contributed by atoms with E-state index in [0.29, 0.717) is 5.41 Å². The van der Waals surface area contributed by atoms with Gasteiger partial charge in [-0.2, -0.15) is 0 Å². The van der Waals surface area contributed by atoms with Crippen LogP contribution in [-0.2, 0) is 4.79 Å². The third-order valence-electron chi connectivity index (χ3n) is 3.58. The Morgan fingerprint density at radius 2 is 1.93 bits per heavy atom. The molecule has 0 saturated heterocycles. The summed E-state index contributed by atoms with van der Waals surface area (Å²) in [6.45, 7) is 7.03. The molecule has 14 heavy (non-hydrogen) atoms. The van der Waals surface area contributed by atoms with Crippen LogP contribution in [0.25, 0.3) is 0 Å².